The van der Waals surface area contributed by atoms with Crippen molar-refractivity contribution in [2.75, 3.05) is 24.0 Å². The van der Waals surface area contributed by atoms with Gasteiger partial charge in [-0.1, -0.05) is 13.8 Å². The van der Waals surface area contributed by atoms with Gasteiger partial charge in [0.25, 0.3) is 0 Å². The van der Waals surface area contributed by atoms with E-state index in [0.29, 0.717) is 17.9 Å². The van der Waals surface area contributed by atoms with E-state index in [0.717, 1.165) is 0 Å². The van der Waals surface area contributed by atoms with Crippen LogP contribution < -0.4 is 27.4 Å². The molecule has 0 aromatic rings. The van der Waals surface area contributed by atoms with E-state index in [1.54, 1.807) is 0 Å². The summed E-state index contributed by atoms with van der Waals surface area (Å²) in [5.41, 5.74) is 11.1. The van der Waals surface area contributed by atoms with Crippen molar-refractivity contribution >= 4 is 53.1 Å². The fourth-order valence-corrected chi connectivity index (χ4v) is 3.77. The highest BCUT2D eigenvalue weighted by molar-refractivity contribution is 7.98. The zero-order valence-corrected chi connectivity index (χ0v) is 21.2. The topological polar surface area (TPSA) is 194 Å². The number of hydrogen-bond donors (Lipinski definition) is 6. The van der Waals surface area contributed by atoms with Crippen LogP contribution in [0.2, 0.25) is 0 Å². The minimum atomic E-state index is -1.32. The summed E-state index contributed by atoms with van der Waals surface area (Å²) in [6.07, 6.45) is 4.03. The number of hydrogen-bond acceptors (Lipinski definition) is 8. The fourth-order valence-electron chi connectivity index (χ4n) is 2.81. The van der Waals surface area contributed by atoms with Gasteiger partial charge in [0.1, 0.15) is 18.1 Å². The molecule has 0 spiro atoms. The maximum atomic E-state index is 12.9. The Morgan fingerprint density at radius 1 is 0.818 bits per heavy atom. The van der Waals surface area contributed by atoms with Crippen LogP contribution in [0.5, 0.6) is 0 Å². The van der Waals surface area contributed by atoms with Gasteiger partial charge in [-0.15, -0.1) is 0 Å². The highest BCUT2D eigenvalue weighted by atomic mass is 32.2. The monoisotopic (exact) mass is 507 g/mol. The van der Waals surface area contributed by atoms with Crippen LogP contribution in [0.25, 0.3) is 0 Å². The van der Waals surface area contributed by atoms with Gasteiger partial charge in [-0.25, -0.2) is 4.79 Å². The van der Waals surface area contributed by atoms with Crippen LogP contribution in [-0.2, 0) is 24.0 Å². The molecule has 0 aromatic heterocycles. The molecule has 0 bridgehead atoms. The average molecular weight is 508 g/mol. The zero-order chi connectivity index (χ0) is 25.6. The second-order valence-electron chi connectivity index (χ2n) is 7.99. The molecule has 0 rings (SSSR count). The Morgan fingerprint density at radius 2 is 1.30 bits per heavy atom. The molecule has 0 saturated heterocycles. The van der Waals surface area contributed by atoms with Crippen LogP contribution in [0.3, 0.4) is 0 Å². The molecule has 4 amide bonds. The van der Waals surface area contributed by atoms with Gasteiger partial charge in [0.05, 0.1) is 12.5 Å². The van der Waals surface area contributed by atoms with Gasteiger partial charge in [-0.3, -0.25) is 19.2 Å². The van der Waals surface area contributed by atoms with Gasteiger partial charge in [-0.05, 0) is 49.2 Å². The van der Waals surface area contributed by atoms with Crippen LogP contribution in [0.15, 0.2) is 0 Å². The Hall–Kier alpha value is -1.99. The quantitative estimate of drug-likeness (QED) is 0.147. The lowest BCUT2D eigenvalue weighted by molar-refractivity contribution is -0.142. The predicted molar refractivity (Wildman–Crippen MR) is 131 cm³/mol. The lowest BCUT2D eigenvalue weighted by Gasteiger charge is -2.25. The standard InChI is InChI=1S/C20H37N5O6S2/c1-11(2)9-14(18(28)23-13(20(30)31)6-8-33-4)25-19(29)15(10-16(22)26)24-17(27)12(21)5-7-32-3/h11-15H,5-10,21H2,1-4H3,(H2,22,26)(H,23,28)(H,24,27)(H,25,29)(H,30,31). The normalized spacial score (nSPS) is 14.6. The molecule has 8 N–H and O–H groups in total. The van der Waals surface area contributed by atoms with Crippen molar-refractivity contribution in [2.24, 2.45) is 17.4 Å². The van der Waals surface area contributed by atoms with Crippen LogP contribution >= 0.6 is 23.5 Å². The smallest absolute Gasteiger partial charge is 0.326 e. The molecule has 0 aliphatic rings. The number of amides is 4. The van der Waals surface area contributed by atoms with Gasteiger partial charge in [0.2, 0.25) is 23.6 Å². The van der Waals surface area contributed by atoms with Gasteiger partial charge >= 0.3 is 5.97 Å². The van der Waals surface area contributed by atoms with E-state index < -0.39 is 60.2 Å². The second kappa shape index (κ2) is 16.6. The molecule has 0 radical (unpaired) electrons. The van der Waals surface area contributed by atoms with E-state index >= 15 is 0 Å². The Bertz CT molecular complexity index is 679. The molecule has 190 valence electrons. The van der Waals surface area contributed by atoms with E-state index in [4.69, 9.17) is 11.5 Å². The first-order valence-corrected chi connectivity index (χ1v) is 13.4. The summed E-state index contributed by atoms with van der Waals surface area (Å²) in [5, 5.41) is 16.8. The molecule has 0 heterocycles. The highest BCUT2D eigenvalue weighted by Gasteiger charge is 2.31. The highest BCUT2D eigenvalue weighted by Crippen LogP contribution is 2.08. The summed E-state index contributed by atoms with van der Waals surface area (Å²) in [4.78, 5) is 60.9. The lowest BCUT2D eigenvalue weighted by atomic mass is 10.0. The maximum absolute atomic E-state index is 12.9. The van der Waals surface area contributed by atoms with Crippen molar-refractivity contribution < 1.29 is 29.1 Å². The number of thioether (sulfide) groups is 2. The van der Waals surface area contributed by atoms with Gasteiger partial charge in [-0.2, -0.15) is 23.5 Å². The minimum absolute atomic E-state index is 0.0142. The van der Waals surface area contributed by atoms with E-state index in [1.807, 2.05) is 26.4 Å². The molecule has 4 unspecified atom stereocenters. The first kappa shape index (κ1) is 31.0. The molecule has 13 heteroatoms. The molecule has 11 nitrogen and oxygen atoms in total. The molecule has 0 aromatic carbocycles. The number of aliphatic carboxylic acids is 1. The zero-order valence-electron chi connectivity index (χ0n) is 19.6. The second-order valence-corrected chi connectivity index (χ2v) is 9.96. The minimum Gasteiger partial charge on any atom is -0.480 e. The first-order valence-electron chi connectivity index (χ1n) is 10.6. The summed E-state index contributed by atoms with van der Waals surface area (Å²) in [6.45, 7) is 3.67. The molecule has 0 aliphatic heterocycles. The third-order valence-electron chi connectivity index (χ3n) is 4.57. The number of primary amides is 1. The molecule has 0 saturated carbocycles. The number of nitrogens with two attached hydrogens (primary N) is 2. The average Bonchev–Trinajstić information content (AvgIpc) is 2.72. The number of carboxylic acid groups (broad SMARTS) is 1. The third-order valence-corrected chi connectivity index (χ3v) is 5.86. The van der Waals surface area contributed by atoms with E-state index in [-0.39, 0.29) is 18.8 Å². The number of carbonyl (C=O) groups excluding carboxylic acids is 4. The number of carbonyl (C=O) groups is 5. The first-order chi connectivity index (χ1) is 15.4. The van der Waals surface area contributed by atoms with Crippen molar-refractivity contribution in [1.29, 1.82) is 0 Å². The van der Waals surface area contributed by atoms with E-state index in [2.05, 4.69) is 16.0 Å². The SMILES string of the molecule is CSCCC(N)C(=O)NC(CC(N)=O)C(=O)NC(CC(C)C)C(=O)NC(CCSC)C(=O)O. The largest absolute Gasteiger partial charge is 0.480 e. The molecule has 0 fully saturated rings. The predicted octanol–water partition coefficient (Wildman–Crippen LogP) is -0.720. The van der Waals surface area contributed by atoms with Gasteiger partial charge in [0.15, 0.2) is 0 Å². The maximum Gasteiger partial charge on any atom is 0.326 e. The number of carboxylic acids is 1. The molecular formula is C20H37N5O6S2. The lowest BCUT2D eigenvalue weighted by Crippen LogP contribution is -2.58. The van der Waals surface area contributed by atoms with Crippen molar-refractivity contribution in [3.63, 3.8) is 0 Å². The molecule has 4 atom stereocenters. The summed E-state index contributed by atoms with van der Waals surface area (Å²) >= 11 is 2.96. The molecular weight excluding hydrogens is 470 g/mol. The molecule has 33 heavy (non-hydrogen) atoms. The fraction of sp³-hybridized carbons (Fsp3) is 0.750. The van der Waals surface area contributed by atoms with Crippen molar-refractivity contribution in [3.8, 4) is 0 Å². The van der Waals surface area contributed by atoms with Crippen molar-refractivity contribution in [2.45, 2.75) is 63.7 Å². The number of rotatable bonds is 17. The number of nitrogens with one attached hydrogen (secondary N) is 3. The van der Waals surface area contributed by atoms with Crippen LogP contribution in [0.1, 0.15) is 39.5 Å². The Morgan fingerprint density at radius 3 is 1.79 bits per heavy atom. The summed E-state index contributed by atoms with van der Waals surface area (Å²) < 4.78 is 0. The Balaban J connectivity index is 5.43. The van der Waals surface area contributed by atoms with Crippen molar-refractivity contribution in [1.82, 2.24) is 16.0 Å². The van der Waals surface area contributed by atoms with Crippen LogP contribution in [0.4, 0.5) is 0 Å². The van der Waals surface area contributed by atoms with E-state index in [9.17, 15) is 29.1 Å². The Labute approximate surface area is 203 Å². The Kier molecular flexibility index (Phi) is 15.6. The van der Waals surface area contributed by atoms with Crippen LogP contribution in [-0.4, -0.2) is 82.9 Å². The summed E-state index contributed by atoms with van der Waals surface area (Å²) in [7, 11) is 0. The summed E-state index contributed by atoms with van der Waals surface area (Å²) in [6, 6.07) is -4.36. The third kappa shape index (κ3) is 13.3. The van der Waals surface area contributed by atoms with Gasteiger partial charge < -0.3 is 32.5 Å². The van der Waals surface area contributed by atoms with E-state index in [1.165, 1.54) is 23.5 Å². The van der Waals surface area contributed by atoms with Crippen molar-refractivity contribution in [3.05, 3.63) is 0 Å². The molecule has 0 aliphatic carbocycles. The summed E-state index contributed by atoms with van der Waals surface area (Å²) in [5.74, 6) is -2.90. The van der Waals surface area contributed by atoms with Crippen LogP contribution in [0, 0.1) is 5.92 Å². The van der Waals surface area contributed by atoms with Gasteiger partial charge in [0, 0.05) is 0 Å².